The van der Waals surface area contributed by atoms with Gasteiger partial charge in [0.05, 0.1) is 0 Å². The maximum atomic E-state index is 13.8. The zero-order valence-electron chi connectivity index (χ0n) is 22.3. The molecule has 0 saturated carbocycles. The molecule has 0 spiro atoms. The molecule has 3 aromatic rings. The number of nitrogens with zero attached hydrogens (tertiary/aromatic N) is 1. The van der Waals surface area contributed by atoms with Crippen LogP contribution in [-0.2, 0) is 17.6 Å². The molecule has 7 heteroatoms. The van der Waals surface area contributed by atoms with Crippen molar-refractivity contribution in [1.29, 1.82) is 0 Å². The highest BCUT2D eigenvalue weighted by atomic mass is 28.3. The molecule has 6 rings (SSSR count). The number of benzene rings is 3. The van der Waals surface area contributed by atoms with Crippen molar-refractivity contribution in [3.63, 3.8) is 0 Å². The van der Waals surface area contributed by atoms with Gasteiger partial charge in [0.2, 0.25) is 0 Å². The Hall–Kier alpha value is -3.71. The van der Waals surface area contributed by atoms with Gasteiger partial charge in [-0.15, -0.1) is 0 Å². The number of carboxylic acids is 1. The first-order chi connectivity index (χ1) is 18.3. The molecule has 0 aliphatic carbocycles. The molecule has 0 saturated heterocycles. The van der Waals surface area contributed by atoms with Gasteiger partial charge in [-0.1, -0.05) is 38.4 Å². The fourth-order valence-corrected chi connectivity index (χ4v) is 9.43. The zero-order valence-corrected chi connectivity index (χ0v) is 23.3. The largest absolute Gasteiger partial charge is 0.481 e. The van der Waals surface area contributed by atoms with Gasteiger partial charge in [0, 0.05) is 49.8 Å². The molecule has 0 unspecified atom stereocenters. The zero-order chi connectivity index (χ0) is 26.6. The Morgan fingerprint density at radius 2 is 1.84 bits per heavy atom. The topological polar surface area (TPSA) is 83.6 Å². The predicted octanol–water partition coefficient (Wildman–Crippen LogP) is 0.231. The van der Waals surface area contributed by atoms with Crippen LogP contribution in [-0.4, -0.2) is 56.6 Å². The minimum atomic E-state index is -2.04. The lowest BCUT2D eigenvalue weighted by molar-refractivity contribution is -0.490. The number of carbonyl (C=O) groups excluding carboxylic acids is 1. The Morgan fingerprint density at radius 3 is 2.66 bits per heavy atom. The molecule has 0 fully saturated rings. The smallest absolute Gasteiger partial charge is 0.303 e. The molecule has 38 heavy (non-hydrogen) atoms. The summed E-state index contributed by atoms with van der Waals surface area (Å²) in [5, 5.41) is 17.9. The number of carboxylic acid groups (broad SMARTS) is 1. The summed E-state index contributed by atoms with van der Waals surface area (Å²) in [4.78, 5) is 30.0. The van der Waals surface area contributed by atoms with Gasteiger partial charge in [0.15, 0.2) is 5.36 Å². The molecule has 3 aliphatic heterocycles. The summed E-state index contributed by atoms with van der Waals surface area (Å²) < 4.78 is 0. The van der Waals surface area contributed by atoms with E-state index in [2.05, 4.69) is 53.7 Å². The van der Waals surface area contributed by atoms with Gasteiger partial charge in [0.25, 0.3) is 5.91 Å². The van der Waals surface area contributed by atoms with Crippen molar-refractivity contribution in [2.75, 3.05) is 32.0 Å². The van der Waals surface area contributed by atoms with Crippen LogP contribution in [0.5, 0.6) is 0 Å². The minimum Gasteiger partial charge on any atom is -0.481 e. The van der Waals surface area contributed by atoms with Crippen molar-refractivity contribution < 1.29 is 19.7 Å². The fourth-order valence-electron chi connectivity index (χ4n) is 6.39. The van der Waals surface area contributed by atoms with E-state index >= 15 is 0 Å². The summed E-state index contributed by atoms with van der Waals surface area (Å²) in [6.45, 7) is 7.20. The van der Waals surface area contributed by atoms with Crippen LogP contribution >= 0.6 is 0 Å². The molecule has 3 N–H and O–H groups in total. The van der Waals surface area contributed by atoms with Crippen molar-refractivity contribution in [3.8, 4) is 0 Å². The first-order valence-corrected chi connectivity index (χ1v) is 16.5. The summed E-state index contributed by atoms with van der Waals surface area (Å²) in [6, 6.07) is 17.5. The average Bonchev–Trinajstić information content (AvgIpc) is 3.55. The van der Waals surface area contributed by atoms with E-state index in [1.54, 1.807) is 11.9 Å². The lowest BCUT2D eigenvalue weighted by atomic mass is 9.89. The third kappa shape index (κ3) is 3.96. The number of anilines is 1. The summed E-state index contributed by atoms with van der Waals surface area (Å²) in [5.41, 5.74) is 7.94. The van der Waals surface area contributed by atoms with Crippen molar-refractivity contribution in [2.45, 2.75) is 38.8 Å². The molecule has 3 aliphatic rings. The van der Waals surface area contributed by atoms with Gasteiger partial charge in [-0.2, -0.15) is 23.5 Å². The Kier molecular flexibility index (Phi) is 5.98. The molecule has 0 bridgehead atoms. The molecule has 195 valence electrons. The SMILES string of the molecule is CN(CCCC(=O)O)C(=O)c1ccccc1C1=c2cc3c(cc2[Si-](C)(C)c2cc4c(cc21)CCN4)=[NH+]CC3. The van der Waals surface area contributed by atoms with E-state index in [1.165, 1.54) is 43.3 Å². The molecule has 0 atom stereocenters. The van der Waals surface area contributed by atoms with Crippen LogP contribution in [0.4, 0.5) is 5.69 Å². The maximum Gasteiger partial charge on any atom is 0.303 e. The van der Waals surface area contributed by atoms with E-state index in [-0.39, 0.29) is 12.3 Å². The van der Waals surface area contributed by atoms with Crippen LogP contribution in [0.3, 0.4) is 0 Å². The van der Waals surface area contributed by atoms with Gasteiger partial charge in [-0.05, 0) is 58.5 Å². The van der Waals surface area contributed by atoms with E-state index in [9.17, 15) is 9.59 Å². The number of carbonyl (C=O) groups is 2. The van der Waals surface area contributed by atoms with E-state index in [1.807, 2.05) is 18.2 Å². The van der Waals surface area contributed by atoms with Crippen molar-refractivity contribution in [3.05, 3.63) is 86.9 Å². The van der Waals surface area contributed by atoms with Gasteiger partial charge in [-0.3, -0.25) is 9.59 Å². The summed E-state index contributed by atoms with van der Waals surface area (Å²) >= 11 is 0. The second-order valence-electron chi connectivity index (χ2n) is 11.2. The monoisotopic (exact) mass is 524 g/mol. The van der Waals surface area contributed by atoms with Gasteiger partial charge in [-0.25, -0.2) is 4.99 Å². The Labute approximate surface area is 223 Å². The van der Waals surface area contributed by atoms with E-state index in [0.29, 0.717) is 18.5 Å². The Bertz CT molecular complexity index is 1630. The van der Waals surface area contributed by atoms with Crippen LogP contribution in [0.1, 0.15) is 45.5 Å². The lowest BCUT2D eigenvalue weighted by Crippen LogP contribution is -2.75. The molecule has 1 amide bonds. The van der Waals surface area contributed by atoms with Crippen LogP contribution in [0, 0.1) is 0 Å². The van der Waals surface area contributed by atoms with Gasteiger partial charge >= 0.3 is 5.97 Å². The highest BCUT2D eigenvalue weighted by Gasteiger charge is 2.31. The van der Waals surface area contributed by atoms with E-state index < -0.39 is 14.0 Å². The molecular formula is C31H34N3O3Si. The van der Waals surface area contributed by atoms with Gasteiger partial charge in [0.1, 0.15) is 6.54 Å². The third-order valence-corrected chi connectivity index (χ3v) is 12.0. The van der Waals surface area contributed by atoms with Crippen molar-refractivity contribution in [1.82, 2.24) is 4.90 Å². The second kappa shape index (κ2) is 9.24. The van der Waals surface area contributed by atoms with Crippen molar-refractivity contribution in [2.24, 2.45) is 0 Å². The first-order valence-electron chi connectivity index (χ1n) is 13.5. The number of rotatable bonds is 6. The van der Waals surface area contributed by atoms with Crippen LogP contribution in [0.25, 0.3) is 5.57 Å². The highest BCUT2D eigenvalue weighted by Crippen LogP contribution is 2.32. The number of fused-ring (bicyclic) bond motifs is 4. The molecule has 3 heterocycles. The molecule has 3 aromatic carbocycles. The average molecular weight is 525 g/mol. The summed E-state index contributed by atoms with van der Waals surface area (Å²) in [5.74, 6) is -0.914. The highest BCUT2D eigenvalue weighted by molar-refractivity contribution is 7.01. The molecule has 0 radical (unpaired) electrons. The Balaban J connectivity index is 1.60. The van der Waals surface area contributed by atoms with E-state index in [4.69, 9.17) is 5.11 Å². The standard InChI is InChI=1S/C31H33N3O3Si/c1-34(14-6-9-29(35)36)31(37)22-8-5-4-7-21(22)30-23-15-19-10-12-32-25(19)17-27(23)38(2,3)28-18-26-20(11-13-33-26)16-24(28)30/h4-5,7-8,15-18,32H,6,9-14H2,1-3H3,(H,35,36)/q-1/p+1. The Morgan fingerprint density at radius 1 is 1.03 bits per heavy atom. The van der Waals surface area contributed by atoms with Gasteiger partial charge < -0.3 is 15.3 Å². The number of aliphatic carboxylic acids is 1. The fraction of sp³-hybridized carbons (Fsp3) is 0.323. The lowest BCUT2D eigenvalue weighted by Gasteiger charge is -2.43. The van der Waals surface area contributed by atoms with Crippen LogP contribution in [0.15, 0.2) is 48.5 Å². The quantitative estimate of drug-likeness (QED) is 0.403. The number of amides is 1. The predicted molar refractivity (Wildman–Crippen MR) is 152 cm³/mol. The number of hydrogen-bond donors (Lipinski definition) is 3. The molecular weight excluding hydrogens is 490 g/mol. The number of hydrogen-bond acceptors (Lipinski definition) is 3. The second-order valence-corrected chi connectivity index (χ2v) is 15.6. The minimum absolute atomic E-state index is 0.0510. The number of nitrogens with one attached hydrogen (secondary N) is 2. The van der Waals surface area contributed by atoms with E-state index in [0.717, 1.165) is 37.1 Å². The third-order valence-electron chi connectivity index (χ3n) is 8.45. The first kappa shape index (κ1) is 24.6. The molecule has 6 nitrogen and oxygen atoms in total. The van der Waals surface area contributed by atoms with Crippen LogP contribution in [0.2, 0.25) is 13.1 Å². The molecule has 0 aromatic heterocycles. The summed E-state index contributed by atoms with van der Waals surface area (Å²) in [7, 11) is -0.273. The normalized spacial score (nSPS) is 16.0. The van der Waals surface area contributed by atoms with Crippen molar-refractivity contribution >= 4 is 41.6 Å². The maximum absolute atomic E-state index is 13.8. The summed E-state index contributed by atoms with van der Waals surface area (Å²) in [6.07, 6.45) is 2.49. The van der Waals surface area contributed by atoms with Crippen LogP contribution < -0.4 is 31.3 Å².